The van der Waals surface area contributed by atoms with Crippen LogP contribution >= 0.6 is 11.8 Å². The molecule has 4 aromatic rings. The molecule has 13 heteroatoms. The standard InChI is InChI=1S/C31H24F3NO3S.C2HF3O2/c32-24-3-1-2-21-23(24)16-38-28-9-5-18(12-22(28)30(21)39-17-31(10-11-31)15-29(36)37)4-7-20-8-6-19-13-25(33)26(34)14-27(19)35-20;3-2(4,5)1(6)7/h1-9,12-14,30H,10-11,15-17H2,(H,36,37);(H,6,7). The fraction of sp³-hybridized carbons (Fsp3) is 0.242. The largest absolute Gasteiger partial charge is 0.490 e. The highest BCUT2D eigenvalue weighted by Gasteiger charge is 2.45. The van der Waals surface area contributed by atoms with Crippen molar-refractivity contribution in [2.75, 3.05) is 5.75 Å². The molecule has 240 valence electrons. The second-order valence-corrected chi connectivity index (χ2v) is 12.1. The molecule has 2 N–H and O–H groups in total. The molecule has 1 unspecified atom stereocenters. The summed E-state index contributed by atoms with van der Waals surface area (Å²) >= 11 is 1.63. The molecule has 6 rings (SSSR count). The van der Waals surface area contributed by atoms with Gasteiger partial charge in [-0.3, -0.25) is 4.79 Å². The summed E-state index contributed by atoms with van der Waals surface area (Å²) in [6.07, 6.45) is 0.457. The van der Waals surface area contributed by atoms with E-state index in [1.165, 1.54) is 6.07 Å². The van der Waals surface area contributed by atoms with Gasteiger partial charge in [-0.05, 0) is 65.8 Å². The molecule has 1 saturated carbocycles. The predicted molar refractivity (Wildman–Crippen MR) is 160 cm³/mol. The SMILES string of the molecule is O=C(O)C(F)(F)F.O=C(O)CC1(CSC2c3cc(C=Cc4ccc5cc(F)c(F)cc5n4)ccc3OCc3c(F)cccc32)CC1. The monoisotopic (exact) mass is 661 g/mol. The molecule has 2 aliphatic rings. The summed E-state index contributed by atoms with van der Waals surface area (Å²) < 4.78 is 79.8. The number of carboxylic acid groups (broad SMARTS) is 2. The number of halogens is 6. The van der Waals surface area contributed by atoms with Crippen LogP contribution in [0.2, 0.25) is 0 Å². The van der Waals surface area contributed by atoms with Crippen molar-refractivity contribution < 1.29 is 50.9 Å². The number of pyridine rings is 1. The van der Waals surface area contributed by atoms with E-state index >= 15 is 0 Å². The third kappa shape index (κ3) is 7.64. The molecule has 0 radical (unpaired) electrons. The second-order valence-electron chi connectivity index (χ2n) is 11.0. The van der Waals surface area contributed by atoms with Gasteiger partial charge in [0.25, 0.3) is 0 Å². The molecule has 1 aliphatic heterocycles. The van der Waals surface area contributed by atoms with Crippen LogP contribution in [0.1, 0.15) is 52.5 Å². The first-order valence-corrected chi connectivity index (χ1v) is 14.9. The van der Waals surface area contributed by atoms with Gasteiger partial charge in [0.05, 0.1) is 22.9 Å². The lowest BCUT2D eigenvalue weighted by Gasteiger charge is -2.22. The number of ether oxygens (including phenoxy) is 1. The summed E-state index contributed by atoms with van der Waals surface area (Å²) in [5.41, 5.74) is 3.81. The van der Waals surface area contributed by atoms with Gasteiger partial charge < -0.3 is 14.9 Å². The maximum Gasteiger partial charge on any atom is 0.490 e. The molecule has 0 spiro atoms. The van der Waals surface area contributed by atoms with E-state index in [1.807, 2.05) is 30.3 Å². The number of carboxylic acids is 2. The van der Waals surface area contributed by atoms with Crippen molar-refractivity contribution in [3.63, 3.8) is 0 Å². The number of benzene rings is 3. The molecule has 0 amide bonds. The zero-order chi connectivity index (χ0) is 33.2. The van der Waals surface area contributed by atoms with E-state index in [2.05, 4.69) is 4.98 Å². The van der Waals surface area contributed by atoms with Gasteiger partial charge in [0.15, 0.2) is 11.6 Å². The van der Waals surface area contributed by atoms with Crippen LogP contribution in [0.3, 0.4) is 0 Å². The Morgan fingerprint density at radius 1 is 0.935 bits per heavy atom. The van der Waals surface area contributed by atoms with Crippen molar-refractivity contribution in [1.82, 2.24) is 4.98 Å². The Morgan fingerprint density at radius 3 is 2.33 bits per heavy atom. The third-order valence-corrected chi connectivity index (χ3v) is 9.23. The van der Waals surface area contributed by atoms with Crippen molar-refractivity contribution >= 4 is 46.8 Å². The molecule has 1 fully saturated rings. The first-order chi connectivity index (χ1) is 21.7. The minimum Gasteiger partial charge on any atom is -0.488 e. The van der Waals surface area contributed by atoms with Crippen molar-refractivity contribution in [2.24, 2.45) is 5.41 Å². The van der Waals surface area contributed by atoms with Crippen molar-refractivity contribution in [3.05, 3.63) is 106 Å². The molecular weight excluding hydrogens is 636 g/mol. The summed E-state index contributed by atoms with van der Waals surface area (Å²) in [5.74, 6) is -4.43. The summed E-state index contributed by atoms with van der Waals surface area (Å²) in [5, 5.41) is 16.8. The lowest BCUT2D eigenvalue weighted by Crippen LogP contribution is -2.21. The van der Waals surface area contributed by atoms with E-state index < -0.39 is 29.7 Å². The van der Waals surface area contributed by atoms with Crippen LogP contribution < -0.4 is 4.74 Å². The highest BCUT2D eigenvalue weighted by atomic mass is 32.2. The van der Waals surface area contributed by atoms with Gasteiger partial charge in [0.1, 0.15) is 18.2 Å². The Bertz CT molecular complexity index is 1840. The van der Waals surface area contributed by atoms with Crippen LogP contribution in [0.25, 0.3) is 23.1 Å². The van der Waals surface area contributed by atoms with Crippen molar-refractivity contribution in [3.8, 4) is 5.75 Å². The molecule has 0 bridgehead atoms. The van der Waals surface area contributed by atoms with Gasteiger partial charge in [0.2, 0.25) is 0 Å². The van der Waals surface area contributed by atoms with Crippen LogP contribution in [0.4, 0.5) is 26.3 Å². The quantitative estimate of drug-likeness (QED) is 0.192. The minimum absolute atomic E-state index is 0.111. The number of rotatable bonds is 7. The lowest BCUT2D eigenvalue weighted by atomic mass is 9.98. The summed E-state index contributed by atoms with van der Waals surface area (Å²) in [7, 11) is 0. The van der Waals surface area contributed by atoms with E-state index in [0.29, 0.717) is 33.7 Å². The summed E-state index contributed by atoms with van der Waals surface area (Å²) in [4.78, 5) is 24.7. The number of aliphatic carboxylic acids is 2. The van der Waals surface area contributed by atoms with Gasteiger partial charge in [-0.15, -0.1) is 11.8 Å². The molecule has 3 aromatic carbocycles. The maximum absolute atomic E-state index is 14.8. The number of carbonyl (C=O) groups is 2. The number of hydrogen-bond donors (Lipinski definition) is 2. The fourth-order valence-corrected chi connectivity index (χ4v) is 6.69. The van der Waals surface area contributed by atoms with Crippen LogP contribution in [0, 0.1) is 22.9 Å². The predicted octanol–water partition coefficient (Wildman–Crippen LogP) is 8.43. The zero-order valence-electron chi connectivity index (χ0n) is 23.8. The van der Waals surface area contributed by atoms with E-state index in [0.717, 1.165) is 41.7 Å². The molecule has 2 heterocycles. The Labute approximate surface area is 262 Å². The van der Waals surface area contributed by atoms with Crippen LogP contribution in [0.5, 0.6) is 5.75 Å². The maximum atomic E-state index is 14.8. The van der Waals surface area contributed by atoms with E-state index in [4.69, 9.17) is 14.6 Å². The number of hydrogen-bond acceptors (Lipinski definition) is 5. The average Bonchev–Trinajstić information content (AvgIpc) is 3.77. The first-order valence-electron chi connectivity index (χ1n) is 13.9. The van der Waals surface area contributed by atoms with E-state index in [-0.39, 0.29) is 29.5 Å². The van der Waals surface area contributed by atoms with Crippen molar-refractivity contribution in [2.45, 2.75) is 37.3 Å². The molecule has 1 atom stereocenters. The number of fused-ring (bicyclic) bond motifs is 3. The number of aromatic nitrogens is 1. The Balaban J connectivity index is 0.000000537. The Kier molecular flexibility index (Phi) is 9.34. The lowest BCUT2D eigenvalue weighted by molar-refractivity contribution is -0.192. The average molecular weight is 662 g/mol. The minimum atomic E-state index is -5.08. The van der Waals surface area contributed by atoms with Gasteiger partial charge in [-0.1, -0.05) is 30.3 Å². The second kappa shape index (κ2) is 13.1. The zero-order valence-corrected chi connectivity index (χ0v) is 24.6. The van der Waals surface area contributed by atoms with Gasteiger partial charge in [0, 0.05) is 28.3 Å². The Morgan fingerprint density at radius 2 is 1.65 bits per heavy atom. The van der Waals surface area contributed by atoms with E-state index in [1.54, 1.807) is 36.0 Å². The van der Waals surface area contributed by atoms with Crippen molar-refractivity contribution in [1.29, 1.82) is 0 Å². The third-order valence-electron chi connectivity index (χ3n) is 7.61. The van der Waals surface area contributed by atoms with Crippen LogP contribution in [-0.4, -0.2) is 39.1 Å². The molecule has 1 aliphatic carbocycles. The molecule has 6 nitrogen and oxygen atoms in total. The topological polar surface area (TPSA) is 96.7 Å². The van der Waals surface area contributed by atoms with Gasteiger partial charge in [-0.25, -0.2) is 22.9 Å². The fourth-order valence-electron chi connectivity index (χ4n) is 5.02. The van der Waals surface area contributed by atoms with Crippen LogP contribution in [-0.2, 0) is 16.2 Å². The van der Waals surface area contributed by atoms with Gasteiger partial charge >= 0.3 is 18.1 Å². The first kappa shape index (κ1) is 32.9. The molecule has 1 aromatic heterocycles. The van der Waals surface area contributed by atoms with E-state index in [9.17, 15) is 36.2 Å². The molecule has 46 heavy (non-hydrogen) atoms. The molecular formula is C33H25F6NO5S. The normalized spacial score (nSPS) is 16.4. The number of nitrogens with zero attached hydrogens (tertiary/aromatic N) is 1. The summed E-state index contributed by atoms with van der Waals surface area (Å²) in [6.45, 7) is 0.111. The van der Waals surface area contributed by atoms with Crippen LogP contribution in [0.15, 0.2) is 60.7 Å². The smallest absolute Gasteiger partial charge is 0.488 e. The number of thioether (sulfide) groups is 1. The van der Waals surface area contributed by atoms with Gasteiger partial charge in [-0.2, -0.15) is 13.2 Å². The highest BCUT2D eigenvalue weighted by Crippen LogP contribution is 2.55. The molecule has 0 saturated heterocycles. The Hall–Kier alpha value is -4.52. The number of alkyl halides is 3. The highest BCUT2D eigenvalue weighted by molar-refractivity contribution is 7.99. The summed E-state index contributed by atoms with van der Waals surface area (Å²) in [6, 6.07) is 16.4.